The number of rotatable bonds is 11. The van der Waals surface area contributed by atoms with Crippen LogP contribution in [0.2, 0.25) is 5.02 Å². The van der Waals surface area contributed by atoms with Crippen molar-refractivity contribution < 1.29 is 29.0 Å². The standard InChI is InChI=1S/C54H56ClN7O6/c1-34-24-37-8-6-7-9-40(37)32-61(34)53(65)47-26-41-31-60(51(64)27-39-10-15-45(29-49(39)55)68-23-20-59-18-21-67-22-19-59)17-16-38(41)25-46(47)48-33-57(4)36(3)52(48)54(66)62(42-11-13-44(63)14-12-42)50-28-43(30-56)58(5)35(50)2/h6-15,25-26,28-29,33-34,63H,16-24,27,31-32H2,1-5H3/t34-/m1/s1. The van der Waals surface area contributed by atoms with Crippen molar-refractivity contribution in [3.8, 4) is 28.7 Å². The van der Waals surface area contributed by atoms with Gasteiger partial charge in [0.25, 0.3) is 11.8 Å². The molecule has 3 aliphatic rings. The van der Waals surface area contributed by atoms with E-state index in [1.807, 2.05) is 77.9 Å². The summed E-state index contributed by atoms with van der Waals surface area (Å²) in [6.45, 7) is 11.5. The van der Waals surface area contributed by atoms with E-state index in [2.05, 4.69) is 30.0 Å². The summed E-state index contributed by atoms with van der Waals surface area (Å²) < 4.78 is 15.1. The third-order valence-electron chi connectivity index (χ3n) is 14.0. The Labute approximate surface area is 402 Å². The molecule has 1 N–H and O–H groups in total. The summed E-state index contributed by atoms with van der Waals surface area (Å²) in [7, 11) is 3.67. The van der Waals surface area contributed by atoms with Gasteiger partial charge in [-0.2, -0.15) is 5.26 Å². The fourth-order valence-electron chi connectivity index (χ4n) is 9.78. The first-order valence-corrected chi connectivity index (χ1v) is 23.6. The van der Waals surface area contributed by atoms with Crippen LogP contribution in [0.25, 0.3) is 11.1 Å². The second kappa shape index (κ2) is 19.4. The molecule has 0 saturated carbocycles. The molecule has 3 amide bonds. The molecule has 14 heteroatoms. The summed E-state index contributed by atoms with van der Waals surface area (Å²) in [6, 6.07) is 27.9. The molecule has 0 radical (unpaired) electrons. The lowest BCUT2D eigenvalue weighted by molar-refractivity contribution is -0.131. The summed E-state index contributed by atoms with van der Waals surface area (Å²) in [5.74, 6) is 0.0988. The van der Waals surface area contributed by atoms with Crippen molar-refractivity contribution in [1.29, 1.82) is 5.26 Å². The highest BCUT2D eigenvalue weighted by Crippen LogP contribution is 2.40. The van der Waals surface area contributed by atoms with Gasteiger partial charge < -0.3 is 33.5 Å². The van der Waals surface area contributed by atoms with Gasteiger partial charge >= 0.3 is 0 Å². The first kappa shape index (κ1) is 46.3. The second-order valence-electron chi connectivity index (χ2n) is 18.2. The van der Waals surface area contributed by atoms with Gasteiger partial charge in [0.15, 0.2) is 0 Å². The molecule has 0 unspecified atom stereocenters. The zero-order chi connectivity index (χ0) is 47.8. The molecule has 5 heterocycles. The number of ether oxygens (including phenoxy) is 2. The number of benzene rings is 4. The average molecular weight is 935 g/mol. The number of fused-ring (bicyclic) bond motifs is 2. The average Bonchev–Trinajstić information content (AvgIpc) is 3.80. The van der Waals surface area contributed by atoms with Crippen LogP contribution < -0.4 is 9.64 Å². The number of aromatic hydroxyl groups is 1. The van der Waals surface area contributed by atoms with Crippen molar-refractivity contribution in [1.82, 2.24) is 23.8 Å². The van der Waals surface area contributed by atoms with Crippen LogP contribution in [0.3, 0.4) is 0 Å². The molecule has 0 aliphatic carbocycles. The number of halogens is 1. The van der Waals surface area contributed by atoms with Crippen molar-refractivity contribution >= 4 is 40.7 Å². The number of nitriles is 1. The lowest BCUT2D eigenvalue weighted by atomic mass is 9.87. The van der Waals surface area contributed by atoms with Crippen LogP contribution >= 0.6 is 11.6 Å². The molecule has 4 aromatic carbocycles. The number of amides is 3. The molecule has 6 aromatic rings. The lowest BCUT2D eigenvalue weighted by Gasteiger charge is -2.36. The highest BCUT2D eigenvalue weighted by atomic mass is 35.5. The monoisotopic (exact) mass is 933 g/mol. The van der Waals surface area contributed by atoms with E-state index in [9.17, 15) is 15.2 Å². The summed E-state index contributed by atoms with van der Waals surface area (Å²) in [4.78, 5) is 52.5. The summed E-state index contributed by atoms with van der Waals surface area (Å²) in [6.07, 6.45) is 3.26. The van der Waals surface area contributed by atoms with Gasteiger partial charge in [-0.1, -0.05) is 41.9 Å². The van der Waals surface area contributed by atoms with E-state index in [0.29, 0.717) is 106 Å². The largest absolute Gasteiger partial charge is 0.508 e. The highest BCUT2D eigenvalue weighted by molar-refractivity contribution is 6.31. The second-order valence-corrected chi connectivity index (χ2v) is 18.6. The number of carbonyl (C=O) groups is 3. The van der Waals surface area contributed by atoms with Crippen LogP contribution in [0.4, 0.5) is 11.4 Å². The van der Waals surface area contributed by atoms with Crippen LogP contribution in [-0.2, 0) is 56.0 Å². The van der Waals surface area contributed by atoms with Gasteiger partial charge in [0.1, 0.15) is 29.9 Å². The van der Waals surface area contributed by atoms with Crippen molar-refractivity contribution in [2.45, 2.75) is 59.2 Å². The number of hydrogen-bond donors (Lipinski definition) is 1. The van der Waals surface area contributed by atoms with Crippen molar-refractivity contribution in [3.05, 3.63) is 152 Å². The molecule has 68 heavy (non-hydrogen) atoms. The van der Waals surface area contributed by atoms with Crippen molar-refractivity contribution in [2.75, 3.05) is 50.9 Å². The predicted molar refractivity (Wildman–Crippen MR) is 262 cm³/mol. The maximum atomic E-state index is 15.5. The van der Waals surface area contributed by atoms with E-state index in [4.69, 9.17) is 21.1 Å². The van der Waals surface area contributed by atoms with E-state index in [-0.39, 0.29) is 35.9 Å². The lowest BCUT2D eigenvalue weighted by Crippen LogP contribution is -2.43. The van der Waals surface area contributed by atoms with Crippen molar-refractivity contribution in [3.63, 3.8) is 0 Å². The van der Waals surface area contributed by atoms with Gasteiger partial charge in [0.2, 0.25) is 5.91 Å². The zero-order valence-electron chi connectivity index (χ0n) is 39.2. The number of carbonyl (C=O) groups excluding carboxylic acids is 3. The topological polar surface area (TPSA) is 137 Å². The van der Waals surface area contributed by atoms with Crippen LogP contribution in [0.1, 0.15) is 72.5 Å². The minimum absolute atomic E-state index is 0.0472. The molecule has 3 aliphatic heterocycles. The third-order valence-corrected chi connectivity index (χ3v) is 14.4. The van der Waals surface area contributed by atoms with Gasteiger partial charge in [-0.25, -0.2) is 0 Å². The van der Waals surface area contributed by atoms with E-state index in [1.54, 1.807) is 40.8 Å². The van der Waals surface area contributed by atoms with E-state index >= 15 is 9.59 Å². The molecule has 1 fully saturated rings. The Morgan fingerprint density at radius 1 is 0.882 bits per heavy atom. The maximum absolute atomic E-state index is 15.5. The Balaban J connectivity index is 1.06. The molecule has 2 aromatic heterocycles. The van der Waals surface area contributed by atoms with Crippen molar-refractivity contribution in [2.24, 2.45) is 14.1 Å². The highest BCUT2D eigenvalue weighted by Gasteiger charge is 2.35. The molecule has 1 saturated heterocycles. The molecule has 350 valence electrons. The normalized spacial score (nSPS) is 15.9. The zero-order valence-corrected chi connectivity index (χ0v) is 40.0. The molecule has 9 rings (SSSR count). The first-order chi connectivity index (χ1) is 32.8. The van der Waals surface area contributed by atoms with Crippen LogP contribution in [0.5, 0.6) is 11.5 Å². The number of nitrogens with zero attached hydrogens (tertiary/aromatic N) is 7. The van der Waals surface area contributed by atoms with E-state index in [0.717, 1.165) is 49.5 Å². The molecule has 1 atom stereocenters. The van der Waals surface area contributed by atoms with Gasteiger partial charge in [-0.05, 0) is 122 Å². The Morgan fingerprint density at radius 3 is 2.35 bits per heavy atom. The maximum Gasteiger partial charge on any atom is 0.265 e. The number of phenolic OH excluding ortho intramolecular Hbond substituents is 1. The molecule has 13 nitrogen and oxygen atoms in total. The first-order valence-electron chi connectivity index (χ1n) is 23.2. The van der Waals surface area contributed by atoms with E-state index in [1.165, 1.54) is 17.7 Å². The van der Waals surface area contributed by atoms with Crippen LogP contribution in [0.15, 0.2) is 91.1 Å². The number of morpholine rings is 1. The predicted octanol–water partition coefficient (Wildman–Crippen LogP) is 8.28. The van der Waals surface area contributed by atoms with Gasteiger partial charge in [-0.15, -0.1) is 0 Å². The summed E-state index contributed by atoms with van der Waals surface area (Å²) >= 11 is 6.76. The molecular formula is C54H56ClN7O6. The third kappa shape index (κ3) is 9.11. The van der Waals surface area contributed by atoms with Crippen LogP contribution in [-0.4, -0.2) is 98.7 Å². The SMILES string of the molecule is Cc1c(C(=O)N(c2ccc(O)cc2)c2cc(C#N)n(C)c2C)c(-c2cc3c(cc2C(=O)N2Cc4ccccc4C[C@H]2C)CN(C(=O)Cc2ccc(OCCN4CCOCC4)cc2Cl)CC3)cn1C. The van der Waals surface area contributed by atoms with Gasteiger partial charge in [0, 0.05) is 98.8 Å². The Hall–Kier alpha value is -6.85. The Bertz CT molecular complexity index is 2960. The molecular weight excluding hydrogens is 878 g/mol. The summed E-state index contributed by atoms with van der Waals surface area (Å²) in [5.41, 5.74) is 9.70. The molecule has 0 spiro atoms. The number of hydrogen-bond acceptors (Lipinski definition) is 8. The number of aryl methyl sites for hydroxylation is 1. The minimum Gasteiger partial charge on any atom is -0.508 e. The van der Waals surface area contributed by atoms with Gasteiger partial charge in [-0.3, -0.25) is 24.2 Å². The van der Waals surface area contributed by atoms with E-state index < -0.39 is 0 Å². The fourth-order valence-corrected chi connectivity index (χ4v) is 10.0. The minimum atomic E-state index is -0.360. The smallest absolute Gasteiger partial charge is 0.265 e. The van der Waals surface area contributed by atoms with Crippen LogP contribution in [0, 0.1) is 25.2 Å². The Morgan fingerprint density at radius 2 is 1.63 bits per heavy atom. The fraction of sp³-hybridized carbons (Fsp3) is 0.333. The molecule has 0 bridgehead atoms. The number of aromatic nitrogens is 2. The van der Waals surface area contributed by atoms with Gasteiger partial charge in [0.05, 0.1) is 30.9 Å². The Kier molecular flexibility index (Phi) is 13.2. The number of anilines is 2. The quantitative estimate of drug-likeness (QED) is 0.137. The summed E-state index contributed by atoms with van der Waals surface area (Å²) in [5, 5.41) is 20.7. The number of phenols is 1.